The summed E-state index contributed by atoms with van der Waals surface area (Å²) >= 11 is 0. The van der Waals surface area contributed by atoms with Crippen LogP contribution in [0.3, 0.4) is 0 Å². The molecule has 1 aromatic heterocycles. The molecule has 0 bridgehead atoms. The zero-order valence-corrected chi connectivity index (χ0v) is 13.6. The van der Waals surface area contributed by atoms with Crippen LogP contribution in [0.5, 0.6) is 0 Å². The Bertz CT molecular complexity index is 739. The fraction of sp³-hybridized carbons (Fsp3) is 0.467. The molecule has 0 unspecified atom stereocenters. The van der Waals surface area contributed by atoms with Gasteiger partial charge in [0.15, 0.2) is 12.0 Å². The van der Waals surface area contributed by atoms with Gasteiger partial charge in [0.05, 0.1) is 18.8 Å². The SMILES string of the molecule is C#Cc1c[nH]c(=O)nc1N[C@@H]1O[C@H](COC(=O)OC)C[C@H]1OC(C)=O. The highest BCUT2D eigenvalue weighted by molar-refractivity contribution is 5.66. The number of nitrogens with zero attached hydrogens (tertiary/aromatic N) is 1. The predicted octanol–water partition coefficient (Wildman–Crippen LogP) is -0.00720. The van der Waals surface area contributed by atoms with Crippen LogP contribution in [-0.2, 0) is 23.7 Å². The molecule has 0 spiro atoms. The van der Waals surface area contributed by atoms with E-state index in [1.165, 1.54) is 20.2 Å². The van der Waals surface area contributed by atoms with Crippen molar-refractivity contribution in [3.8, 4) is 12.3 Å². The molecule has 1 saturated heterocycles. The number of ether oxygens (including phenoxy) is 4. The average Bonchev–Trinajstić information content (AvgIpc) is 2.93. The van der Waals surface area contributed by atoms with E-state index in [1.54, 1.807) is 0 Å². The number of H-pyrrole nitrogens is 1. The van der Waals surface area contributed by atoms with Crippen LogP contribution in [0.25, 0.3) is 0 Å². The van der Waals surface area contributed by atoms with Gasteiger partial charge in [0.25, 0.3) is 0 Å². The highest BCUT2D eigenvalue weighted by atomic mass is 16.7. The summed E-state index contributed by atoms with van der Waals surface area (Å²) in [6.45, 7) is 1.17. The third-order valence-corrected chi connectivity index (χ3v) is 3.29. The van der Waals surface area contributed by atoms with E-state index in [1.807, 2.05) is 0 Å². The van der Waals surface area contributed by atoms with Gasteiger partial charge in [-0.25, -0.2) is 9.59 Å². The van der Waals surface area contributed by atoms with Crippen molar-refractivity contribution in [1.82, 2.24) is 9.97 Å². The van der Waals surface area contributed by atoms with Crippen LogP contribution >= 0.6 is 0 Å². The maximum Gasteiger partial charge on any atom is 0.508 e. The number of carbonyl (C=O) groups excluding carboxylic acids is 2. The minimum absolute atomic E-state index is 0.0899. The van der Waals surface area contributed by atoms with Crippen molar-refractivity contribution in [2.75, 3.05) is 19.0 Å². The fourth-order valence-corrected chi connectivity index (χ4v) is 2.26. The molecular weight excluding hydrogens is 334 g/mol. The van der Waals surface area contributed by atoms with Crippen molar-refractivity contribution >= 4 is 17.9 Å². The van der Waals surface area contributed by atoms with Gasteiger partial charge in [0, 0.05) is 19.5 Å². The lowest BCUT2D eigenvalue weighted by atomic mass is 10.2. The summed E-state index contributed by atoms with van der Waals surface area (Å²) in [5, 5.41) is 2.84. The molecule has 0 radical (unpaired) electrons. The Morgan fingerprint density at radius 2 is 2.32 bits per heavy atom. The Labute approximate surface area is 142 Å². The summed E-state index contributed by atoms with van der Waals surface area (Å²) in [5.41, 5.74) is -0.298. The van der Waals surface area contributed by atoms with E-state index >= 15 is 0 Å². The first-order chi connectivity index (χ1) is 11.9. The Hall–Kier alpha value is -3.06. The molecule has 1 fully saturated rings. The molecule has 0 saturated carbocycles. The molecule has 0 aliphatic carbocycles. The summed E-state index contributed by atoms with van der Waals surface area (Å²) in [7, 11) is 1.18. The Kier molecular flexibility index (Phi) is 5.97. The van der Waals surface area contributed by atoms with Crippen molar-refractivity contribution in [3.05, 3.63) is 22.2 Å². The minimum atomic E-state index is -0.852. The molecule has 25 heavy (non-hydrogen) atoms. The van der Waals surface area contributed by atoms with Gasteiger partial charge in [-0.15, -0.1) is 6.42 Å². The number of terminal acetylenes is 1. The number of hydrogen-bond donors (Lipinski definition) is 2. The van der Waals surface area contributed by atoms with E-state index in [9.17, 15) is 14.4 Å². The quantitative estimate of drug-likeness (QED) is 0.556. The zero-order valence-electron chi connectivity index (χ0n) is 13.6. The molecular formula is C15H17N3O7. The summed E-state index contributed by atoms with van der Waals surface area (Å²) in [4.78, 5) is 39.8. The summed E-state index contributed by atoms with van der Waals surface area (Å²) in [6.07, 6.45) is 4.05. The highest BCUT2D eigenvalue weighted by Crippen LogP contribution is 2.25. The number of carbonyl (C=O) groups is 2. The fourth-order valence-electron chi connectivity index (χ4n) is 2.26. The van der Waals surface area contributed by atoms with Crippen molar-refractivity contribution in [2.45, 2.75) is 31.8 Å². The number of hydrogen-bond acceptors (Lipinski definition) is 9. The molecule has 1 aliphatic heterocycles. The number of esters is 1. The van der Waals surface area contributed by atoms with E-state index < -0.39 is 36.3 Å². The third kappa shape index (κ3) is 4.95. The zero-order chi connectivity index (χ0) is 18.4. The van der Waals surface area contributed by atoms with Crippen LogP contribution in [0.1, 0.15) is 18.9 Å². The Balaban J connectivity index is 2.12. The molecule has 0 aromatic carbocycles. The van der Waals surface area contributed by atoms with Crippen LogP contribution in [0.15, 0.2) is 11.0 Å². The first kappa shape index (κ1) is 18.3. The average molecular weight is 351 g/mol. The Morgan fingerprint density at radius 3 is 2.96 bits per heavy atom. The summed E-state index contributed by atoms with van der Waals surface area (Å²) < 4.78 is 20.1. The van der Waals surface area contributed by atoms with E-state index in [2.05, 4.69) is 25.9 Å². The van der Waals surface area contributed by atoms with Gasteiger partial charge in [-0.2, -0.15) is 4.98 Å². The first-order valence-corrected chi connectivity index (χ1v) is 7.29. The van der Waals surface area contributed by atoms with Crippen LogP contribution in [0.2, 0.25) is 0 Å². The molecule has 3 atom stereocenters. The van der Waals surface area contributed by atoms with E-state index in [0.29, 0.717) is 5.56 Å². The van der Waals surface area contributed by atoms with Gasteiger partial charge in [-0.3, -0.25) is 4.79 Å². The normalized spacial score (nSPS) is 21.9. The molecule has 1 aliphatic rings. The highest BCUT2D eigenvalue weighted by Gasteiger charge is 2.38. The number of methoxy groups -OCH3 is 1. The lowest BCUT2D eigenvalue weighted by Crippen LogP contribution is -2.34. The van der Waals surface area contributed by atoms with Crippen LogP contribution < -0.4 is 11.0 Å². The predicted molar refractivity (Wildman–Crippen MR) is 83.6 cm³/mol. The molecule has 0 amide bonds. The number of nitrogens with one attached hydrogen (secondary N) is 2. The van der Waals surface area contributed by atoms with Gasteiger partial charge in [-0.1, -0.05) is 5.92 Å². The number of rotatable bonds is 5. The second-order valence-electron chi connectivity index (χ2n) is 5.08. The standard InChI is InChI=1S/C15H17N3O7/c1-4-9-6-16-14(20)18-12(9)17-13-11(24-8(2)19)5-10(25-13)7-23-15(21)22-3/h1,6,10-11,13H,5,7H2,2-3H3,(H2,16,17,18,20)/t10-,11+,13+/m0/s1. The van der Waals surface area contributed by atoms with Crippen LogP contribution in [0.4, 0.5) is 10.6 Å². The second kappa shape index (κ2) is 8.16. The third-order valence-electron chi connectivity index (χ3n) is 3.29. The van der Waals surface area contributed by atoms with Crippen LogP contribution in [0, 0.1) is 12.3 Å². The smallest absolute Gasteiger partial charge is 0.458 e. The van der Waals surface area contributed by atoms with Crippen molar-refractivity contribution < 1.29 is 28.5 Å². The maximum atomic E-state index is 11.4. The summed E-state index contributed by atoms with van der Waals surface area (Å²) in [5.74, 6) is 1.97. The molecule has 10 heteroatoms. The van der Waals surface area contributed by atoms with Crippen molar-refractivity contribution in [3.63, 3.8) is 0 Å². The molecule has 1 aromatic rings. The Morgan fingerprint density at radius 1 is 1.56 bits per heavy atom. The minimum Gasteiger partial charge on any atom is -0.458 e. The largest absolute Gasteiger partial charge is 0.508 e. The number of aromatic amines is 1. The van der Waals surface area contributed by atoms with Gasteiger partial charge in [0.1, 0.15) is 12.7 Å². The van der Waals surface area contributed by atoms with Gasteiger partial charge >= 0.3 is 17.8 Å². The number of aromatic nitrogens is 2. The maximum absolute atomic E-state index is 11.4. The lowest BCUT2D eigenvalue weighted by molar-refractivity contribution is -0.148. The topological polar surface area (TPSA) is 129 Å². The van der Waals surface area contributed by atoms with E-state index in [4.69, 9.17) is 20.6 Å². The molecule has 2 rings (SSSR count). The van der Waals surface area contributed by atoms with Gasteiger partial charge in [0.2, 0.25) is 0 Å². The lowest BCUT2D eigenvalue weighted by Gasteiger charge is -2.20. The van der Waals surface area contributed by atoms with Gasteiger partial charge in [-0.05, 0) is 0 Å². The van der Waals surface area contributed by atoms with Crippen LogP contribution in [-0.4, -0.2) is 54.2 Å². The van der Waals surface area contributed by atoms with Crippen molar-refractivity contribution in [2.24, 2.45) is 0 Å². The summed E-state index contributed by atoms with van der Waals surface area (Å²) in [6, 6.07) is 0. The molecule has 2 N–H and O–H groups in total. The van der Waals surface area contributed by atoms with Gasteiger partial charge < -0.3 is 29.2 Å². The number of anilines is 1. The monoisotopic (exact) mass is 351 g/mol. The molecule has 2 heterocycles. The van der Waals surface area contributed by atoms with E-state index in [0.717, 1.165) is 0 Å². The van der Waals surface area contributed by atoms with Crippen molar-refractivity contribution in [1.29, 1.82) is 0 Å². The molecule has 134 valence electrons. The van der Waals surface area contributed by atoms with E-state index in [-0.39, 0.29) is 18.8 Å². The molecule has 10 nitrogen and oxygen atoms in total. The first-order valence-electron chi connectivity index (χ1n) is 7.29. The second-order valence-corrected chi connectivity index (χ2v) is 5.08.